The molecule has 3 saturated heterocycles. The Bertz CT molecular complexity index is 157. The predicted molar refractivity (Wildman–Crippen MR) is 50.0 cm³/mol. The third kappa shape index (κ3) is 1.08. The van der Waals surface area contributed by atoms with Gasteiger partial charge in [-0.1, -0.05) is 0 Å². The number of hydrogen-bond acceptors (Lipinski definition) is 3. The lowest BCUT2D eigenvalue weighted by molar-refractivity contribution is 0.0154. The van der Waals surface area contributed by atoms with Crippen molar-refractivity contribution in [2.45, 2.75) is 18.4 Å². The van der Waals surface area contributed by atoms with Crippen LogP contribution >= 0.6 is 0 Å². The van der Waals surface area contributed by atoms with Crippen LogP contribution in [0.1, 0.15) is 12.8 Å². The maximum Gasteiger partial charge on any atom is 0.0459 e. The number of nitrogens with zero attached hydrogens (tertiary/aromatic N) is 1. The topological polar surface area (TPSA) is 41.3 Å². The molecule has 0 aromatic carbocycles. The van der Waals surface area contributed by atoms with Gasteiger partial charge in [-0.25, -0.2) is 0 Å². The quantitative estimate of drug-likeness (QED) is 0.592. The standard InChI is InChI=1S/C9H19N3/c1-11-9(6-10)7-12-4-2-8(9)3-5-12/h8,11H,2-7,10H2,1H3/t9-/m0/s1. The maximum atomic E-state index is 5.85. The predicted octanol–water partition coefficient (Wildman–Crippen LogP) is -0.371. The highest BCUT2D eigenvalue weighted by Crippen LogP contribution is 2.34. The molecule has 12 heavy (non-hydrogen) atoms. The first-order valence-electron chi connectivity index (χ1n) is 4.92. The Morgan fingerprint density at radius 2 is 2.17 bits per heavy atom. The lowest BCUT2D eigenvalue weighted by atomic mass is 9.73. The summed E-state index contributed by atoms with van der Waals surface area (Å²) in [4.78, 5) is 2.53. The number of nitrogens with two attached hydrogens (primary N) is 1. The van der Waals surface area contributed by atoms with Crippen LogP contribution in [0.3, 0.4) is 0 Å². The molecule has 3 aliphatic rings. The monoisotopic (exact) mass is 169 g/mol. The van der Waals surface area contributed by atoms with Gasteiger partial charge in [0.1, 0.15) is 0 Å². The Kier molecular flexibility index (Phi) is 2.10. The summed E-state index contributed by atoms with van der Waals surface area (Å²) >= 11 is 0. The number of piperidine rings is 3. The first-order valence-corrected chi connectivity index (χ1v) is 4.92. The lowest BCUT2D eigenvalue weighted by Crippen LogP contribution is -2.68. The number of nitrogens with one attached hydrogen (secondary N) is 1. The van der Waals surface area contributed by atoms with Crippen LogP contribution in [-0.4, -0.2) is 43.7 Å². The molecule has 3 rings (SSSR count). The minimum absolute atomic E-state index is 0.233. The number of hydrogen-bond donors (Lipinski definition) is 2. The third-order valence-corrected chi connectivity index (χ3v) is 3.74. The van der Waals surface area contributed by atoms with E-state index in [0.717, 1.165) is 19.0 Å². The molecule has 0 spiro atoms. The van der Waals surface area contributed by atoms with Gasteiger partial charge in [-0.2, -0.15) is 0 Å². The number of fused-ring (bicyclic) bond motifs is 3. The van der Waals surface area contributed by atoms with Gasteiger partial charge in [0.15, 0.2) is 0 Å². The maximum absolute atomic E-state index is 5.85. The van der Waals surface area contributed by atoms with Gasteiger partial charge in [-0.05, 0) is 38.9 Å². The molecule has 0 radical (unpaired) electrons. The van der Waals surface area contributed by atoms with Crippen molar-refractivity contribution in [1.82, 2.24) is 10.2 Å². The van der Waals surface area contributed by atoms with Gasteiger partial charge < -0.3 is 16.0 Å². The average Bonchev–Trinajstić information content (AvgIpc) is 2.19. The van der Waals surface area contributed by atoms with E-state index in [1.807, 2.05) is 0 Å². The zero-order chi connectivity index (χ0) is 8.60. The molecule has 0 saturated carbocycles. The van der Waals surface area contributed by atoms with E-state index in [2.05, 4.69) is 17.3 Å². The Balaban J connectivity index is 2.15. The van der Waals surface area contributed by atoms with Crippen molar-refractivity contribution in [3.8, 4) is 0 Å². The fraction of sp³-hybridized carbons (Fsp3) is 1.00. The van der Waals surface area contributed by atoms with Crippen LogP contribution in [0.5, 0.6) is 0 Å². The van der Waals surface area contributed by atoms with E-state index >= 15 is 0 Å². The highest BCUT2D eigenvalue weighted by molar-refractivity contribution is 5.03. The summed E-state index contributed by atoms with van der Waals surface area (Å²) in [5.41, 5.74) is 6.08. The van der Waals surface area contributed by atoms with Gasteiger partial charge in [-0.15, -0.1) is 0 Å². The van der Waals surface area contributed by atoms with E-state index in [9.17, 15) is 0 Å². The first kappa shape index (κ1) is 8.48. The molecule has 70 valence electrons. The average molecular weight is 169 g/mol. The molecule has 2 bridgehead atoms. The summed E-state index contributed by atoms with van der Waals surface area (Å²) in [6.45, 7) is 4.51. The van der Waals surface area contributed by atoms with Gasteiger partial charge >= 0.3 is 0 Å². The number of rotatable bonds is 2. The molecular weight excluding hydrogens is 150 g/mol. The molecule has 0 aromatic rings. The van der Waals surface area contributed by atoms with Crippen LogP contribution in [0.25, 0.3) is 0 Å². The molecular formula is C9H19N3. The fourth-order valence-electron chi connectivity index (χ4n) is 2.79. The summed E-state index contributed by atoms with van der Waals surface area (Å²) in [5, 5.41) is 3.43. The molecule has 0 amide bonds. The molecule has 3 fully saturated rings. The molecule has 0 aliphatic carbocycles. The van der Waals surface area contributed by atoms with Gasteiger partial charge in [0.2, 0.25) is 0 Å². The first-order chi connectivity index (χ1) is 5.80. The van der Waals surface area contributed by atoms with Crippen molar-refractivity contribution in [2.75, 3.05) is 33.2 Å². The van der Waals surface area contributed by atoms with E-state index in [4.69, 9.17) is 5.73 Å². The second-order valence-electron chi connectivity index (χ2n) is 4.16. The van der Waals surface area contributed by atoms with Gasteiger partial charge in [-0.3, -0.25) is 0 Å². The molecule has 0 unspecified atom stereocenters. The Hall–Kier alpha value is -0.120. The molecule has 1 atom stereocenters. The molecule has 3 nitrogen and oxygen atoms in total. The van der Waals surface area contributed by atoms with Crippen LogP contribution < -0.4 is 11.1 Å². The fourth-order valence-corrected chi connectivity index (χ4v) is 2.79. The summed E-state index contributed by atoms with van der Waals surface area (Å²) in [6, 6.07) is 0. The minimum Gasteiger partial charge on any atom is -0.329 e. The van der Waals surface area contributed by atoms with Crippen LogP contribution in [-0.2, 0) is 0 Å². The molecule has 3 aliphatic heterocycles. The molecule has 3 heterocycles. The zero-order valence-electron chi connectivity index (χ0n) is 7.84. The van der Waals surface area contributed by atoms with E-state index in [-0.39, 0.29) is 5.54 Å². The smallest absolute Gasteiger partial charge is 0.0459 e. The van der Waals surface area contributed by atoms with Crippen molar-refractivity contribution < 1.29 is 0 Å². The highest BCUT2D eigenvalue weighted by Gasteiger charge is 2.44. The largest absolute Gasteiger partial charge is 0.329 e. The van der Waals surface area contributed by atoms with E-state index in [1.165, 1.54) is 25.9 Å². The van der Waals surface area contributed by atoms with Gasteiger partial charge in [0, 0.05) is 18.6 Å². The second kappa shape index (κ2) is 2.98. The normalized spacial score (nSPS) is 46.5. The van der Waals surface area contributed by atoms with E-state index in [0.29, 0.717) is 0 Å². The SMILES string of the molecule is CN[C@@]1(CN)CN2CCC1CC2. The molecule has 3 N–H and O–H groups in total. The Morgan fingerprint density at radius 1 is 1.50 bits per heavy atom. The van der Waals surface area contributed by atoms with Crippen LogP contribution in [0, 0.1) is 5.92 Å². The minimum atomic E-state index is 0.233. The van der Waals surface area contributed by atoms with Crippen LogP contribution in [0.4, 0.5) is 0 Å². The summed E-state index contributed by atoms with van der Waals surface area (Å²) in [7, 11) is 2.05. The van der Waals surface area contributed by atoms with E-state index in [1.54, 1.807) is 0 Å². The summed E-state index contributed by atoms with van der Waals surface area (Å²) in [6.07, 6.45) is 2.66. The molecule has 3 heteroatoms. The van der Waals surface area contributed by atoms with E-state index < -0.39 is 0 Å². The van der Waals surface area contributed by atoms with Gasteiger partial charge in [0.25, 0.3) is 0 Å². The van der Waals surface area contributed by atoms with Crippen LogP contribution in [0.15, 0.2) is 0 Å². The lowest BCUT2D eigenvalue weighted by Gasteiger charge is -2.53. The van der Waals surface area contributed by atoms with Crippen LogP contribution in [0.2, 0.25) is 0 Å². The Labute approximate surface area is 74.3 Å². The van der Waals surface area contributed by atoms with Crippen molar-refractivity contribution in [1.29, 1.82) is 0 Å². The summed E-state index contributed by atoms with van der Waals surface area (Å²) in [5.74, 6) is 0.817. The van der Waals surface area contributed by atoms with Crippen molar-refractivity contribution in [2.24, 2.45) is 11.7 Å². The zero-order valence-corrected chi connectivity index (χ0v) is 7.84. The van der Waals surface area contributed by atoms with Gasteiger partial charge in [0.05, 0.1) is 0 Å². The summed E-state index contributed by atoms with van der Waals surface area (Å²) < 4.78 is 0. The van der Waals surface area contributed by atoms with Crippen molar-refractivity contribution >= 4 is 0 Å². The second-order valence-corrected chi connectivity index (χ2v) is 4.16. The van der Waals surface area contributed by atoms with Crippen molar-refractivity contribution in [3.63, 3.8) is 0 Å². The van der Waals surface area contributed by atoms with Crippen molar-refractivity contribution in [3.05, 3.63) is 0 Å². The third-order valence-electron chi connectivity index (χ3n) is 3.74. The number of likely N-dealkylation sites (N-methyl/N-ethyl adjacent to an activating group) is 1. The highest BCUT2D eigenvalue weighted by atomic mass is 15.2. The Morgan fingerprint density at radius 3 is 2.42 bits per heavy atom. The molecule has 0 aromatic heterocycles.